The molecule has 0 fully saturated rings. The molecule has 0 aliphatic heterocycles. The molecule has 1 N–H and O–H groups in total. The second-order valence-electron chi connectivity index (χ2n) is 7.15. The monoisotopic (exact) mass is 420 g/mol. The quantitative estimate of drug-likeness (QED) is 0.438. The van der Waals surface area contributed by atoms with Gasteiger partial charge in [-0.05, 0) is 57.5 Å². The van der Waals surface area contributed by atoms with Crippen LogP contribution in [0.5, 0.6) is 0 Å². The van der Waals surface area contributed by atoms with Crippen molar-refractivity contribution in [1.29, 1.82) is 0 Å². The summed E-state index contributed by atoms with van der Waals surface area (Å²) in [6.45, 7) is 9.28. The molecule has 0 unspecified atom stereocenters. The zero-order valence-electron chi connectivity index (χ0n) is 18.4. The van der Waals surface area contributed by atoms with Crippen LogP contribution in [0.2, 0.25) is 0 Å². The fourth-order valence-corrected chi connectivity index (χ4v) is 3.72. The fraction of sp³-hybridized carbons (Fsp3) is 0.292. The van der Waals surface area contributed by atoms with Crippen molar-refractivity contribution >= 4 is 23.6 Å². The van der Waals surface area contributed by atoms with E-state index in [1.54, 1.807) is 19.2 Å². The predicted octanol–water partition coefficient (Wildman–Crippen LogP) is 4.20. The van der Waals surface area contributed by atoms with E-state index in [0.29, 0.717) is 30.0 Å². The molecule has 0 atom stereocenters. The fourth-order valence-electron chi connectivity index (χ4n) is 3.72. The molecule has 162 valence electrons. The molecule has 0 bridgehead atoms. The third-order valence-corrected chi connectivity index (χ3v) is 5.13. The van der Waals surface area contributed by atoms with E-state index in [1.807, 2.05) is 66.5 Å². The molecule has 3 rings (SSSR count). The molecule has 1 aromatic carbocycles. The van der Waals surface area contributed by atoms with E-state index in [-0.39, 0.29) is 11.9 Å². The molecular formula is C24H28N4O3. The van der Waals surface area contributed by atoms with Crippen LogP contribution in [0.25, 0.3) is 6.08 Å². The Hall–Kier alpha value is -3.61. The summed E-state index contributed by atoms with van der Waals surface area (Å²) in [5, 5.41) is 7.09. The second-order valence-corrected chi connectivity index (χ2v) is 7.15. The lowest BCUT2D eigenvalue weighted by Gasteiger charge is -2.06. The van der Waals surface area contributed by atoms with Crippen molar-refractivity contribution in [3.63, 3.8) is 0 Å². The molecule has 2 aromatic heterocycles. The zero-order chi connectivity index (χ0) is 22.4. The van der Waals surface area contributed by atoms with Gasteiger partial charge in [0, 0.05) is 47.7 Å². The topological polar surface area (TPSA) is 78.2 Å². The number of rotatable bonds is 8. The highest BCUT2D eigenvalue weighted by Gasteiger charge is 2.22. The van der Waals surface area contributed by atoms with Gasteiger partial charge in [0.15, 0.2) is 0 Å². The van der Waals surface area contributed by atoms with Crippen molar-refractivity contribution in [3.05, 3.63) is 76.9 Å². The summed E-state index contributed by atoms with van der Waals surface area (Å²) in [4.78, 5) is 25.0. The Kier molecular flexibility index (Phi) is 7.07. The van der Waals surface area contributed by atoms with Gasteiger partial charge in [0.2, 0.25) is 5.91 Å². The van der Waals surface area contributed by atoms with Gasteiger partial charge < -0.3 is 14.6 Å². The Bertz CT molecular complexity index is 1090. The summed E-state index contributed by atoms with van der Waals surface area (Å²) in [6, 6.07) is 9.51. The van der Waals surface area contributed by atoms with E-state index in [1.165, 1.54) is 6.08 Å². The number of nitrogens with zero attached hydrogens (tertiary/aromatic N) is 3. The highest BCUT2D eigenvalue weighted by molar-refractivity contribution is 6.04. The first-order chi connectivity index (χ1) is 14.9. The molecule has 7 heteroatoms. The number of anilines is 1. The summed E-state index contributed by atoms with van der Waals surface area (Å²) in [7, 11) is 0. The number of carbonyl (C=O) groups is 2. The molecule has 0 saturated heterocycles. The number of hydrogen-bond donors (Lipinski definition) is 1. The Balaban J connectivity index is 1.78. The van der Waals surface area contributed by atoms with Crippen LogP contribution in [0.15, 0.2) is 48.8 Å². The number of hydrogen-bond acceptors (Lipinski definition) is 4. The van der Waals surface area contributed by atoms with E-state index in [2.05, 4.69) is 10.4 Å². The Morgan fingerprint density at radius 2 is 1.97 bits per heavy atom. The number of esters is 1. The van der Waals surface area contributed by atoms with Crippen molar-refractivity contribution in [2.45, 2.75) is 40.8 Å². The molecular weight excluding hydrogens is 392 g/mol. The molecule has 31 heavy (non-hydrogen) atoms. The van der Waals surface area contributed by atoms with Crippen molar-refractivity contribution < 1.29 is 14.3 Å². The lowest BCUT2D eigenvalue weighted by molar-refractivity contribution is -0.111. The van der Waals surface area contributed by atoms with Crippen molar-refractivity contribution in [3.8, 4) is 0 Å². The van der Waals surface area contributed by atoms with Gasteiger partial charge in [0.1, 0.15) is 0 Å². The summed E-state index contributed by atoms with van der Waals surface area (Å²) in [5.41, 5.74) is 4.70. The molecule has 0 aliphatic rings. The maximum Gasteiger partial charge on any atom is 0.340 e. The molecule has 3 aromatic rings. The van der Waals surface area contributed by atoms with Crippen LogP contribution in [-0.2, 0) is 22.6 Å². The van der Waals surface area contributed by atoms with Crippen LogP contribution >= 0.6 is 0 Å². The lowest BCUT2D eigenvalue weighted by Crippen LogP contribution is -2.09. The lowest BCUT2D eigenvalue weighted by atomic mass is 10.1. The average Bonchev–Trinajstić information content (AvgIpc) is 3.32. The number of aromatic nitrogens is 3. The minimum atomic E-state index is -0.373. The molecule has 0 saturated carbocycles. The molecule has 2 heterocycles. The van der Waals surface area contributed by atoms with Crippen LogP contribution in [0.3, 0.4) is 0 Å². The van der Waals surface area contributed by atoms with Gasteiger partial charge in [-0.25, -0.2) is 4.79 Å². The minimum absolute atomic E-state index is 0.271. The minimum Gasteiger partial charge on any atom is -0.462 e. The first-order valence-electron chi connectivity index (χ1n) is 10.4. The number of carbonyl (C=O) groups excluding carboxylic acids is 2. The van der Waals surface area contributed by atoms with E-state index < -0.39 is 0 Å². The Labute approximate surface area is 182 Å². The first kappa shape index (κ1) is 22.1. The number of ether oxygens (including phenoxy) is 1. The Morgan fingerprint density at radius 1 is 1.16 bits per heavy atom. The zero-order valence-corrected chi connectivity index (χ0v) is 18.4. The highest BCUT2D eigenvalue weighted by Crippen LogP contribution is 2.25. The van der Waals surface area contributed by atoms with Crippen LogP contribution in [0.1, 0.15) is 46.7 Å². The van der Waals surface area contributed by atoms with Gasteiger partial charge in [-0.15, -0.1) is 0 Å². The highest BCUT2D eigenvalue weighted by atomic mass is 16.5. The number of amides is 1. The molecule has 1 amide bonds. The van der Waals surface area contributed by atoms with E-state index in [0.717, 1.165) is 23.5 Å². The van der Waals surface area contributed by atoms with Crippen LogP contribution in [0.4, 0.5) is 5.69 Å². The maximum atomic E-state index is 12.6. The van der Waals surface area contributed by atoms with Crippen LogP contribution in [0, 0.1) is 13.8 Å². The van der Waals surface area contributed by atoms with Crippen molar-refractivity contribution in [2.75, 3.05) is 11.9 Å². The van der Waals surface area contributed by atoms with Gasteiger partial charge in [0.05, 0.1) is 18.7 Å². The third kappa shape index (κ3) is 5.12. The molecule has 0 radical (unpaired) electrons. The average molecular weight is 421 g/mol. The Morgan fingerprint density at radius 3 is 2.65 bits per heavy atom. The van der Waals surface area contributed by atoms with Crippen LogP contribution < -0.4 is 5.32 Å². The predicted molar refractivity (Wildman–Crippen MR) is 121 cm³/mol. The molecule has 7 nitrogen and oxygen atoms in total. The van der Waals surface area contributed by atoms with E-state index >= 15 is 0 Å². The standard InChI is InChI=1S/C24H28N4O3/c1-5-28-17(3)21(23(18(28)4)24(30)31-6-2)11-12-22(29)26-20-10-7-9-19(15-20)16-27-14-8-13-25-27/h7-15H,5-6,16H2,1-4H3,(H,26,29)/b12-11+. The van der Waals surface area contributed by atoms with E-state index in [4.69, 9.17) is 4.74 Å². The van der Waals surface area contributed by atoms with Gasteiger partial charge in [-0.1, -0.05) is 12.1 Å². The largest absolute Gasteiger partial charge is 0.462 e. The van der Waals surface area contributed by atoms with Gasteiger partial charge in [-0.2, -0.15) is 5.10 Å². The summed E-state index contributed by atoms with van der Waals surface area (Å²) < 4.78 is 9.09. The van der Waals surface area contributed by atoms with Gasteiger partial charge >= 0.3 is 5.97 Å². The van der Waals surface area contributed by atoms with E-state index in [9.17, 15) is 9.59 Å². The number of benzene rings is 1. The number of nitrogens with one attached hydrogen (secondary N) is 1. The van der Waals surface area contributed by atoms with Crippen molar-refractivity contribution in [2.24, 2.45) is 0 Å². The maximum absolute atomic E-state index is 12.6. The first-order valence-corrected chi connectivity index (χ1v) is 10.4. The summed E-state index contributed by atoms with van der Waals surface area (Å²) in [6.07, 6.45) is 6.76. The van der Waals surface area contributed by atoms with Gasteiger partial charge in [0.25, 0.3) is 0 Å². The van der Waals surface area contributed by atoms with Gasteiger partial charge in [-0.3, -0.25) is 9.48 Å². The normalized spacial score (nSPS) is 11.1. The molecule has 0 aliphatic carbocycles. The third-order valence-electron chi connectivity index (χ3n) is 5.13. The molecule has 0 spiro atoms. The summed E-state index contributed by atoms with van der Waals surface area (Å²) >= 11 is 0. The smallest absolute Gasteiger partial charge is 0.340 e. The SMILES string of the molecule is CCOC(=O)c1c(/C=C/C(=O)Nc2cccc(Cn3cccn3)c2)c(C)n(CC)c1C. The van der Waals surface area contributed by atoms with Crippen LogP contribution in [-0.4, -0.2) is 32.8 Å². The second kappa shape index (κ2) is 9.93. The van der Waals surface area contributed by atoms with Crippen molar-refractivity contribution in [1.82, 2.24) is 14.3 Å². The summed E-state index contributed by atoms with van der Waals surface area (Å²) in [5.74, 6) is -0.644.